The number of carbonyl (C=O) groups is 1. The van der Waals surface area contributed by atoms with Crippen LogP contribution < -0.4 is 5.32 Å². The number of amides is 1. The third kappa shape index (κ3) is 4.72. The maximum atomic E-state index is 12.1. The van der Waals surface area contributed by atoms with Gasteiger partial charge in [0.2, 0.25) is 0 Å². The van der Waals surface area contributed by atoms with Crippen molar-refractivity contribution < 1.29 is 4.79 Å². The van der Waals surface area contributed by atoms with Gasteiger partial charge in [-0.25, -0.2) is 4.98 Å². The van der Waals surface area contributed by atoms with E-state index in [0.717, 1.165) is 24.9 Å². The number of hydrogen-bond acceptors (Lipinski definition) is 2. The van der Waals surface area contributed by atoms with Crippen LogP contribution in [0.15, 0.2) is 43.0 Å². The summed E-state index contributed by atoms with van der Waals surface area (Å²) in [6, 6.07) is 7.88. The molecule has 1 aromatic heterocycles. The molecule has 1 N–H and O–H groups in total. The Balaban J connectivity index is 1.73. The van der Waals surface area contributed by atoms with Crippen molar-refractivity contribution in [1.82, 2.24) is 14.9 Å². The highest BCUT2D eigenvalue weighted by Gasteiger charge is 2.14. The lowest BCUT2D eigenvalue weighted by molar-refractivity contribution is 0.0953. The van der Waals surface area contributed by atoms with Gasteiger partial charge < -0.3 is 9.88 Å². The van der Waals surface area contributed by atoms with Gasteiger partial charge >= 0.3 is 0 Å². The monoisotopic (exact) mass is 299 g/mol. The lowest BCUT2D eigenvalue weighted by Gasteiger charge is -2.19. The third-order valence-corrected chi connectivity index (χ3v) is 3.70. The first-order valence-corrected chi connectivity index (χ1v) is 7.81. The van der Waals surface area contributed by atoms with E-state index in [-0.39, 0.29) is 11.3 Å². The molecule has 0 aliphatic heterocycles. The normalized spacial score (nSPS) is 11.4. The third-order valence-electron chi connectivity index (χ3n) is 3.70. The minimum atomic E-state index is 0.00286. The maximum absolute atomic E-state index is 12.1. The van der Waals surface area contributed by atoms with Crippen LogP contribution in [0, 0.1) is 0 Å². The quantitative estimate of drug-likeness (QED) is 0.831. The van der Waals surface area contributed by atoms with Gasteiger partial charge in [0.25, 0.3) is 5.91 Å². The molecule has 4 nitrogen and oxygen atoms in total. The van der Waals surface area contributed by atoms with Crippen molar-refractivity contribution in [3.8, 4) is 0 Å². The zero-order valence-corrected chi connectivity index (χ0v) is 13.7. The Morgan fingerprint density at radius 2 is 1.91 bits per heavy atom. The van der Waals surface area contributed by atoms with Gasteiger partial charge in [0.05, 0.1) is 6.33 Å². The maximum Gasteiger partial charge on any atom is 0.251 e. The fourth-order valence-corrected chi connectivity index (χ4v) is 2.26. The molecule has 0 spiro atoms. The van der Waals surface area contributed by atoms with E-state index in [9.17, 15) is 4.79 Å². The fourth-order valence-electron chi connectivity index (χ4n) is 2.26. The predicted octanol–water partition coefficient (Wildman–Crippen LogP) is 3.39. The highest BCUT2D eigenvalue weighted by Crippen LogP contribution is 2.22. The smallest absolute Gasteiger partial charge is 0.251 e. The summed E-state index contributed by atoms with van der Waals surface area (Å²) >= 11 is 0. The van der Waals surface area contributed by atoms with Crippen molar-refractivity contribution in [2.24, 2.45) is 0 Å². The second-order valence-electron chi connectivity index (χ2n) is 6.59. The molecule has 0 radical (unpaired) electrons. The van der Waals surface area contributed by atoms with E-state index in [1.165, 1.54) is 5.56 Å². The molecule has 4 heteroatoms. The van der Waals surface area contributed by atoms with Crippen molar-refractivity contribution in [2.75, 3.05) is 6.54 Å². The molecule has 118 valence electrons. The van der Waals surface area contributed by atoms with Crippen LogP contribution >= 0.6 is 0 Å². The van der Waals surface area contributed by atoms with Gasteiger partial charge in [0.15, 0.2) is 0 Å². The van der Waals surface area contributed by atoms with Crippen LogP contribution in [-0.2, 0) is 12.0 Å². The van der Waals surface area contributed by atoms with Crippen LogP contribution in [0.4, 0.5) is 0 Å². The van der Waals surface area contributed by atoms with Gasteiger partial charge in [0.1, 0.15) is 0 Å². The van der Waals surface area contributed by atoms with E-state index in [0.29, 0.717) is 6.54 Å². The molecule has 0 aliphatic rings. The number of nitrogens with one attached hydrogen (secondary N) is 1. The number of carbonyl (C=O) groups excluding carboxylic acids is 1. The van der Waals surface area contributed by atoms with Crippen molar-refractivity contribution in [1.29, 1.82) is 0 Å². The Hall–Kier alpha value is -2.10. The van der Waals surface area contributed by atoms with E-state index in [2.05, 4.69) is 31.1 Å². The van der Waals surface area contributed by atoms with Crippen LogP contribution in [0.5, 0.6) is 0 Å². The van der Waals surface area contributed by atoms with Gasteiger partial charge in [0, 0.05) is 31.0 Å². The number of rotatable bonds is 6. The minimum Gasteiger partial charge on any atom is -0.352 e. The number of nitrogens with zero attached hydrogens (tertiary/aromatic N) is 2. The standard InChI is InChI=1S/C18H25N3O/c1-18(2,3)16-8-6-15(7-9-16)17(22)20-10-4-5-12-21-13-11-19-14-21/h6-9,11,13-14H,4-5,10,12H2,1-3H3,(H,20,22). The number of imidazole rings is 1. The van der Waals surface area contributed by atoms with Crippen LogP contribution in [0.3, 0.4) is 0 Å². The summed E-state index contributed by atoms with van der Waals surface area (Å²) in [4.78, 5) is 16.1. The number of benzene rings is 1. The second kappa shape index (κ2) is 7.25. The summed E-state index contributed by atoms with van der Waals surface area (Å²) in [6.07, 6.45) is 7.54. The van der Waals surface area contributed by atoms with E-state index >= 15 is 0 Å². The van der Waals surface area contributed by atoms with E-state index in [1.54, 1.807) is 6.20 Å². The zero-order chi connectivity index (χ0) is 16.0. The number of aromatic nitrogens is 2. The SMILES string of the molecule is CC(C)(C)c1ccc(C(=O)NCCCCn2ccnc2)cc1. The molecule has 2 rings (SSSR count). The predicted molar refractivity (Wildman–Crippen MR) is 88.9 cm³/mol. The topological polar surface area (TPSA) is 46.9 Å². The molecule has 0 saturated carbocycles. The van der Waals surface area contributed by atoms with Crippen molar-refractivity contribution in [3.63, 3.8) is 0 Å². The first-order chi connectivity index (χ1) is 10.5. The van der Waals surface area contributed by atoms with Gasteiger partial charge in [-0.3, -0.25) is 4.79 Å². The zero-order valence-electron chi connectivity index (χ0n) is 13.7. The summed E-state index contributed by atoms with van der Waals surface area (Å²) in [7, 11) is 0. The van der Waals surface area contributed by atoms with Crippen molar-refractivity contribution in [2.45, 2.75) is 45.6 Å². The molecular weight excluding hydrogens is 274 g/mol. The molecule has 22 heavy (non-hydrogen) atoms. The first-order valence-electron chi connectivity index (χ1n) is 7.81. The average molecular weight is 299 g/mol. The number of aryl methyl sites for hydroxylation is 1. The molecular formula is C18H25N3O. The summed E-state index contributed by atoms with van der Waals surface area (Å²) < 4.78 is 2.05. The molecule has 2 aromatic rings. The minimum absolute atomic E-state index is 0.00286. The summed E-state index contributed by atoms with van der Waals surface area (Å²) in [5.74, 6) is 0.00286. The van der Waals surface area contributed by atoms with Crippen molar-refractivity contribution >= 4 is 5.91 Å². The fraction of sp³-hybridized carbons (Fsp3) is 0.444. The summed E-state index contributed by atoms with van der Waals surface area (Å²) in [6.45, 7) is 8.15. The van der Waals surface area contributed by atoms with Gasteiger partial charge in [-0.1, -0.05) is 32.9 Å². The first kappa shape index (κ1) is 16.3. The van der Waals surface area contributed by atoms with Gasteiger partial charge in [-0.05, 0) is 36.0 Å². The Bertz CT molecular complexity index is 580. The van der Waals surface area contributed by atoms with Crippen LogP contribution in [0.25, 0.3) is 0 Å². The molecule has 0 saturated heterocycles. The lowest BCUT2D eigenvalue weighted by atomic mass is 9.87. The molecule has 0 fully saturated rings. The average Bonchev–Trinajstić information content (AvgIpc) is 2.99. The summed E-state index contributed by atoms with van der Waals surface area (Å²) in [5.41, 5.74) is 2.08. The Labute approximate surface area is 132 Å². The van der Waals surface area contributed by atoms with Gasteiger partial charge in [-0.15, -0.1) is 0 Å². The van der Waals surface area contributed by atoms with E-state index < -0.39 is 0 Å². The molecule has 0 bridgehead atoms. The van der Waals surface area contributed by atoms with Crippen molar-refractivity contribution in [3.05, 3.63) is 54.1 Å². The largest absolute Gasteiger partial charge is 0.352 e. The lowest BCUT2D eigenvalue weighted by Crippen LogP contribution is -2.24. The molecule has 1 heterocycles. The Morgan fingerprint density at radius 1 is 1.18 bits per heavy atom. The molecule has 0 atom stereocenters. The number of unbranched alkanes of at least 4 members (excludes halogenated alkanes) is 1. The highest BCUT2D eigenvalue weighted by molar-refractivity contribution is 5.94. The second-order valence-corrected chi connectivity index (χ2v) is 6.59. The Kier molecular flexibility index (Phi) is 5.36. The van der Waals surface area contributed by atoms with Crippen LogP contribution in [0.1, 0.15) is 49.5 Å². The highest BCUT2D eigenvalue weighted by atomic mass is 16.1. The molecule has 1 amide bonds. The van der Waals surface area contributed by atoms with E-state index in [1.807, 2.05) is 41.4 Å². The molecule has 1 aromatic carbocycles. The Morgan fingerprint density at radius 3 is 2.50 bits per heavy atom. The van der Waals surface area contributed by atoms with Crippen LogP contribution in [0.2, 0.25) is 0 Å². The van der Waals surface area contributed by atoms with Gasteiger partial charge in [-0.2, -0.15) is 0 Å². The number of hydrogen-bond donors (Lipinski definition) is 1. The molecule has 0 aliphatic carbocycles. The van der Waals surface area contributed by atoms with E-state index in [4.69, 9.17) is 0 Å². The van der Waals surface area contributed by atoms with Crippen LogP contribution in [-0.4, -0.2) is 22.0 Å². The summed E-state index contributed by atoms with van der Waals surface area (Å²) in [5, 5.41) is 2.97. The molecule has 0 unspecified atom stereocenters.